The van der Waals surface area contributed by atoms with Crippen LogP contribution in [0.15, 0.2) is 34.8 Å². The van der Waals surface area contributed by atoms with Gasteiger partial charge in [-0.3, -0.25) is 0 Å². The molecule has 21 heavy (non-hydrogen) atoms. The van der Waals surface area contributed by atoms with Crippen molar-refractivity contribution in [2.75, 3.05) is 0 Å². The summed E-state index contributed by atoms with van der Waals surface area (Å²) in [5.74, 6) is 0. The van der Waals surface area contributed by atoms with E-state index in [0.29, 0.717) is 10.0 Å². The molecule has 112 valence electrons. The van der Waals surface area contributed by atoms with Crippen molar-refractivity contribution in [3.05, 3.63) is 61.8 Å². The van der Waals surface area contributed by atoms with E-state index in [1.807, 2.05) is 0 Å². The fourth-order valence-electron chi connectivity index (χ4n) is 1.70. The lowest BCUT2D eigenvalue weighted by Crippen LogP contribution is -2.10. The van der Waals surface area contributed by atoms with Crippen LogP contribution in [0.25, 0.3) is 0 Å². The first kappa shape index (κ1) is 16.5. The molecule has 1 aromatic carbocycles. The largest absolute Gasteiger partial charge is 0.433 e. The molecule has 0 fully saturated rings. The Morgan fingerprint density at radius 1 is 1.10 bits per heavy atom. The second-order valence-electron chi connectivity index (χ2n) is 4.14. The zero-order valence-corrected chi connectivity index (χ0v) is 13.2. The Bertz CT molecular complexity index is 679. The highest BCUT2D eigenvalue weighted by Crippen LogP contribution is 2.35. The van der Waals surface area contributed by atoms with E-state index in [2.05, 4.69) is 20.9 Å². The van der Waals surface area contributed by atoms with Crippen molar-refractivity contribution < 1.29 is 18.3 Å². The first-order valence-electron chi connectivity index (χ1n) is 5.57. The van der Waals surface area contributed by atoms with Gasteiger partial charge in [-0.05, 0) is 18.2 Å². The van der Waals surface area contributed by atoms with E-state index >= 15 is 0 Å². The molecule has 0 spiro atoms. The molecule has 1 N–H and O–H groups in total. The van der Waals surface area contributed by atoms with Crippen molar-refractivity contribution in [3.63, 3.8) is 0 Å². The zero-order chi connectivity index (χ0) is 15.8. The van der Waals surface area contributed by atoms with Gasteiger partial charge in [0.15, 0.2) is 0 Å². The zero-order valence-electron chi connectivity index (χ0n) is 10.1. The Morgan fingerprint density at radius 2 is 1.71 bits per heavy atom. The lowest BCUT2D eigenvalue weighted by atomic mass is 10.0. The maximum Gasteiger partial charge on any atom is 0.433 e. The number of aromatic nitrogens is 1. The van der Waals surface area contributed by atoms with Gasteiger partial charge in [0.2, 0.25) is 0 Å². The fourth-order valence-corrected chi connectivity index (χ4v) is 2.73. The Labute approximate surface area is 136 Å². The van der Waals surface area contributed by atoms with Crippen LogP contribution in [0.5, 0.6) is 0 Å². The molecule has 1 atom stereocenters. The van der Waals surface area contributed by atoms with Crippen molar-refractivity contribution >= 4 is 39.1 Å². The Balaban J connectivity index is 2.42. The van der Waals surface area contributed by atoms with Crippen molar-refractivity contribution in [1.29, 1.82) is 0 Å². The molecule has 2 rings (SSSR count). The molecule has 0 saturated carbocycles. The van der Waals surface area contributed by atoms with Gasteiger partial charge in [-0.15, -0.1) is 0 Å². The van der Waals surface area contributed by atoms with Crippen LogP contribution in [0.2, 0.25) is 10.2 Å². The second kappa shape index (κ2) is 6.12. The molecule has 0 saturated heterocycles. The predicted octanol–water partition coefficient (Wildman–Crippen LogP) is 5.25. The van der Waals surface area contributed by atoms with Gasteiger partial charge in [0.1, 0.15) is 17.0 Å². The van der Waals surface area contributed by atoms with E-state index in [-0.39, 0.29) is 10.6 Å². The van der Waals surface area contributed by atoms with E-state index in [1.54, 1.807) is 18.2 Å². The summed E-state index contributed by atoms with van der Waals surface area (Å²) >= 11 is 15.0. The van der Waals surface area contributed by atoms with Crippen LogP contribution < -0.4 is 0 Å². The fraction of sp³-hybridized carbons (Fsp3) is 0.154. The molecule has 2 aromatic rings. The molecule has 2 nitrogen and oxygen atoms in total. The number of hydrogen-bond donors (Lipinski definition) is 1. The Morgan fingerprint density at radius 3 is 2.24 bits per heavy atom. The van der Waals surface area contributed by atoms with E-state index in [1.165, 1.54) is 0 Å². The normalized spacial score (nSPS) is 13.3. The van der Waals surface area contributed by atoms with Gasteiger partial charge >= 0.3 is 6.18 Å². The number of hydrogen-bond acceptors (Lipinski definition) is 2. The Kier molecular flexibility index (Phi) is 4.82. The third kappa shape index (κ3) is 3.69. The van der Waals surface area contributed by atoms with Crippen LogP contribution in [0.1, 0.15) is 22.9 Å². The van der Waals surface area contributed by atoms with E-state index in [0.717, 1.165) is 12.1 Å². The average molecular weight is 401 g/mol. The molecule has 1 heterocycles. The van der Waals surface area contributed by atoms with Gasteiger partial charge in [-0.1, -0.05) is 51.3 Å². The van der Waals surface area contributed by atoms with Crippen molar-refractivity contribution in [2.24, 2.45) is 0 Å². The number of aliphatic hydroxyl groups is 1. The number of alkyl halides is 3. The van der Waals surface area contributed by atoms with Gasteiger partial charge < -0.3 is 5.11 Å². The third-order valence-corrected chi connectivity index (χ3v) is 3.84. The summed E-state index contributed by atoms with van der Waals surface area (Å²) in [6, 6.07) is 6.60. The highest BCUT2D eigenvalue weighted by molar-refractivity contribution is 9.10. The summed E-state index contributed by atoms with van der Waals surface area (Å²) in [5.41, 5.74) is -0.748. The minimum absolute atomic E-state index is 0.0499. The van der Waals surface area contributed by atoms with E-state index < -0.39 is 23.1 Å². The lowest BCUT2D eigenvalue weighted by Gasteiger charge is -2.15. The molecule has 0 aliphatic rings. The third-order valence-electron chi connectivity index (χ3n) is 2.72. The smallest absolute Gasteiger partial charge is 0.383 e. The first-order valence-corrected chi connectivity index (χ1v) is 7.11. The summed E-state index contributed by atoms with van der Waals surface area (Å²) in [4.78, 5) is 3.27. The second-order valence-corrected chi connectivity index (χ2v) is 5.82. The van der Waals surface area contributed by atoms with E-state index in [4.69, 9.17) is 23.2 Å². The van der Waals surface area contributed by atoms with Gasteiger partial charge in [0, 0.05) is 20.6 Å². The van der Waals surface area contributed by atoms with Crippen LogP contribution >= 0.6 is 39.1 Å². The van der Waals surface area contributed by atoms with Gasteiger partial charge in [-0.2, -0.15) is 13.2 Å². The number of aliphatic hydroxyl groups excluding tert-OH is 1. The molecular weight excluding hydrogens is 394 g/mol. The standard InChI is InChI=1S/C13H7BrCl2F3NO/c14-6-1-2-7(9(15)5-6)11(21)8-3-4-10(13(17,18)19)20-12(8)16/h1-5,11,21H. The minimum atomic E-state index is -4.59. The summed E-state index contributed by atoms with van der Waals surface area (Å²) in [6.07, 6.45) is -5.87. The molecule has 0 bridgehead atoms. The van der Waals surface area contributed by atoms with E-state index in [9.17, 15) is 18.3 Å². The maximum atomic E-state index is 12.5. The van der Waals surface area contributed by atoms with Crippen LogP contribution in [-0.2, 0) is 6.18 Å². The average Bonchev–Trinajstić information content (AvgIpc) is 2.36. The number of pyridine rings is 1. The number of rotatable bonds is 2. The molecule has 1 aromatic heterocycles. The van der Waals surface area contributed by atoms with Crippen LogP contribution in [0, 0.1) is 0 Å². The highest BCUT2D eigenvalue weighted by Gasteiger charge is 2.33. The van der Waals surface area contributed by atoms with Crippen molar-refractivity contribution in [1.82, 2.24) is 4.98 Å². The molecule has 0 radical (unpaired) electrons. The first-order chi connectivity index (χ1) is 9.70. The Hall–Kier alpha value is -0.820. The van der Waals surface area contributed by atoms with Gasteiger partial charge in [-0.25, -0.2) is 4.98 Å². The molecule has 0 aliphatic carbocycles. The number of nitrogens with zero attached hydrogens (tertiary/aromatic N) is 1. The van der Waals surface area contributed by atoms with Gasteiger partial charge in [0.05, 0.1) is 0 Å². The molecule has 1 unspecified atom stereocenters. The SMILES string of the molecule is OC(c1ccc(Br)cc1Cl)c1ccc(C(F)(F)F)nc1Cl. The van der Waals surface area contributed by atoms with Gasteiger partial charge in [0.25, 0.3) is 0 Å². The number of benzene rings is 1. The monoisotopic (exact) mass is 399 g/mol. The molecule has 8 heteroatoms. The predicted molar refractivity (Wildman–Crippen MR) is 77.5 cm³/mol. The lowest BCUT2D eigenvalue weighted by molar-refractivity contribution is -0.141. The molecular formula is C13H7BrCl2F3NO. The topological polar surface area (TPSA) is 33.1 Å². The quantitative estimate of drug-likeness (QED) is 0.698. The molecule has 0 amide bonds. The van der Waals surface area contributed by atoms with Crippen molar-refractivity contribution in [3.8, 4) is 0 Å². The summed E-state index contributed by atoms with van der Waals surface area (Å²) in [7, 11) is 0. The highest BCUT2D eigenvalue weighted by atomic mass is 79.9. The maximum absolute atomic E-state index is 12.5. The summed E-state index contributed by atoms with van der Waals surface area (Å²) < 4.78 is 38.3. The summed E-state index contributed by atoms with van der Waals surface area (Å²) in [5, 5.41) is 10.1. The van der Waals surface area contributed by atoms with Crippen LogP contribution in [-0.4, -0.2) is 10.1 Å². The van der Waals surface area contributed by atoms with Crippen LogP contribution in [0.4, 0.5) is 13.2 Å². The minimum Gasteiger partial charge on any atom is -0.383 e. The van der Waals surface area contributed by atoms with Crippen LogP contribution in [0.3, 0.4) is 0 Å². The number of halogens is 6. The summed E-state index contributed by atoms with van der Waals surface area (Å²) in [6.45, 7) is 0. The molecule has 0 aliphatic heterocycles. The van der Waals surface area contributed by atoms with Crippen molar-refractivity contribution in [2.45, 2.75) is 12.3 Å².